The highest BCUT2D eigenvalue weighted by Gasteiger charge is 2.14. The molecule has 2 aromatic carbocycles. The van der Waals surface area contributed by atoms with Gasteiger partial charge in [-0.05, 0) is 62.1 Å². The number of nitrogens with one attached hydrogen (secondary N) is 1. The Labute approximate surface area is 167 Å². The first-order valence-electron chi connectivity index (χ1n) is 9.16. The molecule has 4 rings (SSSR count). The maximum Gasteiger partial charge on any atom is 0.268 e. The Morgan fingerprint density at radius 1 is 1.07 bits per heavy atom. The average Bonchev–Trinajstić information content (AvgIpc) is 2.71. The summed E-state index contributed by atoms with van der Waals surface area (Å²) >= 11 is 0. The third-order valence-electron chi connectivity index (χ3n) is 4.42. The van der Waals surface area contributed by atoms with E-state index >= 15 is 0 Å². The van der Waals surface area contributed by atoms with Crippen molar-refractivity contribution in [3.63, 3.8) is 0 Å². The number of nitrogens with zero attached hydrogens (tertiary/aromatic N) is 4. The van der Waals surface area contributed by atoms with Crippen LogP contribution in [-0.2, 0) is 6.54 Å². The van der Waals surface area contributed by atoms with Gasteiger partial charge in [0.1, 0.15) is 11.6 Å². The zero-order valence-electron chi connectivity index (χ0n) is 16.1. The monoisotopic (exact) mass is 389 g/mol. The number of anilines is 2. The molecule has 0 radical (unpaired) electrons. The van der Waals surface area contributed by atoms with Crippen LogP contribution in [0, 0.1) is 5.82 Å². The Morgan fingerprint density at radius 2 is 1.86 bits per heavy atom. The Bertz CT molecular complexity index is 1200. The lowest BCUT2D eigenvalue weighted by atomic mass is 10.2. The quantitative estimate of drug-likeness (QED) is 0.564. The number of aromatic nitrogens is 3. The molecule has 0 saturated carbocycles. The second-order valence-corrected chi connectivity index (χ2v) is 6.99. The van der Waals surface area contributed by atoms with Crippen LogP contribution in [0.4, 0.5) is 16.0 Å². The van der Waals surface area contributed by atoms with E-state index in [1.54, 1.807) is 24.4 Å². The molecular formula is C22H20FN5O. The number of rotatable bonds is 5. The molecule has 0 aliphatic rings. The number of hydrogen-bond donors (Lipinski definition) is 1. The average molecular weight is 389 g/mol. The maximum absolute atomic E-state index is 13.7. The van der Waals surface area contributed by atoms with E-state index in [0.717, 1.165) is 12.2 Å². The molecule has 0 unspecified atom stereocenters. The minimum atomic E-state index is -0.485. The second-order valence-electron chi connectivity index (χ2n) is 6.99. The van der Waals surface area contributed by atoms with E-state index in [2.05, 4.69) is 20.2 Å². The van der Waals surface area contributed by atoms with E-state index in [1.165, 1.54) is 28.3 Å². The number of fused-ring (bicyclic) bond motifs is 1. The van der Waals surface area contributed by atoms with Gasteiger partial charge in [0, 0.05) is 18.4 Å². The largest absolute Gasteiger partial charge is 0.325 e. The van der Waals surface area contributed by atoms with Crippen molar-refractivity contribution in [1.82, 2.24) is 19.4 Å². The van der Waals surface area contributed by atoms with E-state index in [9.17, 15) is 9.18 Å². The normalized spacial score (nSPS) is 11.2. The molecule has 2 heterocycles. The lowest BCUT2D eigenvalue weighted by Gasteiger charge is -2.15. The molecule has 0 saturated heterocycles. The smallest absolute Gasteiger partial charge is 0.268 e. The van der Waals surface area contributed by atoms with Crippen molar-refractivity contribution in [3.05, 3.63) is 88.6 Å². The molecule has 146 valence electrons. The lowest BCUT2D eigenvalue weighted by Crippen LogP contribution is -2.23. The van der Waals surface area contributed by atoms with Crippen LogP contribution < -0.4 is 10.9 Å². The van der Waals surface area contributed by atoms with Gasteiger partial charge in [0.25, 0.3) is 5.56 Å². The highest BCUT2D eigenvalue weighted by atomic mass is 19.1. The second kappa shape index (κ2) is 7.81. The fraction of sp³-hybridized carbons (Fsp3) is 0.136. The molecular weight excluding hydrogens is 369 g/mol. The summed E-state index contributed by atoms with van der Waals surface area (Å²) in [6.07, 6.45) is 1.59. The van der Waals surface area contributed by atoms with Gasteiger partial charge in [-0.3, -0.25) is 4.79 Å². The summed E-state index contributed by atoms with van der Waals surface area (Å²) in [7, 11) is 4.03. The van der Waals surface area contributed by atoms with Gasteiger partial charge >= 0.3 is 0 Å². The Morgan fingerprint density at radius 3 is 2.55 bits per heavy atom. The molecule has 0 aliphatic heterocycles. The number of benzene rings is 2. The first kappa shape index (κ1) is 18.8. The van der Waals surface area contributed by atoms with Crippen LogP contribution in [0.15, 0.2) is 71.7 Å². The van der Waals surface area contributed by atoms with Crippen molar-refractivity contribution in [1.29, 1.82) is 0 Å². The van der Waals surface area contributed by atoms with Crippen molar-refractivity contribution >= 4 is 22.5 Å². The van der Waals surface area contributed by atoms with Crippen LogP contribution in [0.25, 0.3) is 16.7 Å². The summed E-state index contributed by atoms with van der Waals surface area (Å²) in [5, 5.41) is 3.40. The van der Waals surface area contributed by atoms with Crippen LogP contribution in [-0.4, -0.2) is 33.5 Å². The third kappa shape index (κ3) is 4.00. The molecule has 0 atom stereocenters. The van der Waals surface area contributed by atoms with Crippen LogP contribution in [0.3, 0.4) is 0 Å². The van der Waals surface area contributed by atoms with E-state index in [4.69, 9.17) is 0 Å². The molecule has 0 amide bonds. The van der Waals surface area contributed by atoms with Crippen molar-refractivity contribution in [2.24, 2.45) is 0 Å². The van der Waals surface area contributed by atoms with Gasteiger partial charge in [0.15, 0.2) is 0 Å². The SMILES string of the molecule is CN(C)Cc1ccc(Nc2nc3ccc(F)cc3c(=O)n2-c2ccccn2)cc1. The Hall–Kier alpha value is -3.58. The highest BCUT2D eigenvalue weighted by molar-refractivity contribution is 5.80. The zero-order chi connectivity index (χ0) is 20.4. The topological polar surface area (TPSA) is 63.1 Å². The van der Waals surface area contributed by atoms with Crippen molar-refractivity contribution in [2.45, 2.75) is 6.54 Å². The lowest BCUT2D eigenvalue weighted by molar-refractivity contribution is 0.402. The van der Waals surface area contributed by atoms with Gasteiger partial charge < -0.3 is 10.2 Å². The van der Waals surface area contributed by atoms with E-state index in [0.29, 0.717) is 17.3 Å². The summed E-state index contributed by atoms with van der Waals surface area (Å²) in [4.78, 5) is 24.1. The first-order chi connectivity index (χ1) is 14.0. The molecule has 7 heteroatoms. The summed E-state index contributed by atoms with van der Waals surface area (Å²) in [6, 6.07) is 17.1. The highest BCUT2D eigenvalue weighted by Crippen LogP contribution is 2.20. The number of pyridine rings is 1. The van der Waals surface area contributed by atoms with E-state index in [-0.39, 0.29) is 10.9 Å². The van der Waals surface area contributed by atoms with Crippen molar-refractivity contribution in [3.8, 4) is 5.82 Å². The van der Waals surface area contributed by atoms with Gasteiger partial charge in [-0.25, -0.2) is 18.9 Å². The summed E-state index contributed by atoms with van der Waals surface area (Å²) in [5.74, 6) is 0.234. The number of hydrogen-bond acceptors (Lipinski definition) is 5. The molecule has 4 aromatic rings. The van der Waals surface area contributed by atoms with Crippen molar-refractivity contribution in [2.75, 3.05) is 19.4 Å². The maximum atomic E-state index is 13.7. The van der Waals surface area contributed by atoms with Gasteiger partial charge in [-0.15, -0.1) is 0 Å². The van der Waals surface area contributed by atoms with Gasteiger partial charge in [-0.2, -0.15) is 0 Å². The van der Waals surface area contributed by atoms with E-state index in [1.807, 2.05) is 38.4 Å². The minimum absolute atomic E-state index is 0.197. The third-order valence-corrected chi connectivity index (χ3v) is 4.42. The standard InChI is InChI=1S/C22H20FN5O/c1-27(2)14-15-6-9-17(10-7-15)25-22-26-19-11-8-16(23)13-18(19)21(29)28(22)20-5-3-4-12-24-20/h3-13H,14H2,1-2H3,(H,25,26). The molecule has 0 bridgehead atoms. The van der Waals surface area contributed by atoms with Crippen LogP contribution in [0.5, 0.6) is 0 Å². The zero-order valence-corrected chi connectivity index (χ0v) is 16.1. The summed E-state index contributed by atoms with van der Waals surface area (Å²) in [5.41, 5.74) is 1.98. The molecule has 29 heavy (non-hydrogen) atoms. The number of halogens is 1. The van der Waals surface area contributed by atoms with Crippen molar-refractivity contribution < 1.29 is 4.39 Å². The van der Waals surface area contributed by atoms with Gasteiger partial charge in [0.2, 0.25) is 5.95 Å². The fourth-order valence-corrected chi connectivity index (χ4v) is 3.13. The molecule has 1 N–H and O–H groups in total. The molecule has 0 spiro atoms. The summed E-state index contributed by atoms with van der Waals surface area (Å²) in [6.45, 7) is 0.832. The Kier molecular flexibility index (Phi) is 5.05. The Balaban J connectivity index is 1.82. The fourth-order valence-electron chi connectivity index (χ4n) is 3.13. The predicted octanol–water partition coefficient (Wildman–Crippen LogP) is 3.73. The predicted molar refractivity (Wildman–Crippen MR) is 112 cm³/mol. The van der Waals surface area contributed by atoms with E-state index < -0.39 is 5.82 Å². The van der Waals surface area contributed by atoms with Gasteiger partial charge in [0.05, 0.1) is 10.9 Å². The first-order valence-corrected chi connectivity index (χ1v) is 9.16. The summed E-state index contributed by atoms with van der Waals surface area (Å²) < 4.78 is 15.1. The van der Waals surface area contributed by atoms with Gasteiger partial charge in [-0.1, -0.05) is 18.2 Å². The molecule has 0 fully saturated rings. The molecule has 2 aromatic heterocycles. The molecule has 6 nitrogen and oxygen atoms in total. The minimum Gasteiger partial charge on any atom is -0.325 e. The molecule has 0 aliphatic carbocycles. The van der Waals surface area contributed by atoms with Crippen LogP contribution >= 0.6 is 0 Å². The van der Waals surface area contributed by atoms with Crippen LogP contribution in [0.2, 0.25) is 0 Å². The van der Waals surface area contributed by atoms with Crippen LogP contribution in [0.1, 0.15) is 5.56 Å².